The average Bonchev–Trinajstić information content (AvgIpc) is 2.52. The molecule has 0 aliphatic heterocycles. The summed E-state index contributed by atoms with van der Waals surface area (Å²) in [7, 11) is 0. The van der Waals surface area contributed by atoms with Crippen molar-refractivity contribution in [3.05, 3.63) is 33.1 Å². The molecule has 0 aliphatic rings. The molecular formula is C10H9BrN2S. The van der Waals surface area contributed by atoms with Crippen LogP contribution < -0.4 is 5.73 Å². The van der Waals surface area contributed by atoms with Crippen LogP contribution in [0.25, 0.3) is 11.1 Å². The normalized spacial score (nSPS) is 10.4. The molecule has 14 heavy (non-hydrogen) atoms. The van der Waals surface area contributed by atoms with E-state index in [9.17, 15) is 0 Å². The molecule has 2 aromatic rings. The van der Waals surface area contributed by atoms with Gasteiger partial charge in [0.25, 0.3) is 0 Å². The summed E-state index contributed by atoms with van der Waals surface area (Å²) in [5.74, 6) is 0.567. The van der Waals surface area contributed by atoms with Gasteiger partial charge in [0.15, 0.2) is 0 Å². The number of aryl methyl sites for hydroxylation is 1. The Hall–Kier alpha value is -0.870. The van der Waals surface area contributed by atoms with E-state index in [-0.39, 0.29) is 0 Å². The zero-order chi connectivity index (χ0) is 10.1. The lowest BCUT2D eigenvalue weighted by atomic mass is 10.1. The Labute approximate surface area is 94.9 Å². The zero-order valence-corrected chi connectivity index (χ0v) is 10.0. The number of nitrogen functional groups attached to an aromatic ring is 1. The van der Waals surface area contributed by atoms with Crippen LogP contribution in [0.5, 0.6) is 0 Å². The van der Waals surface area contributed by atoms with Gasteiger partial charge in [-0.05, 0) is 39.9 Å². The van der Waals surface area contributed by atoms with Crippen molar-refractivity contribution in [2.24, 2.45) is 0 Å². The van der Waals surface area contributed by atoms with Gasteiger partial charge in [0.05, 0.1) is 0 Å². The summed E-state index contributed by atoms with van der Waals surface area (Å²) in [4.78, 5) is 4.10. The first-order valence-electron chi connectivity index (χ1n) is 4.12. The number of thiophene rings is 1. The van der Waals surface area contributed by atoms with Crippen molar-refractivity contribution in [1.82, 2.24) is 4.98 Å². The molecule has 0 unspecified atom stereocenters. The molecule has 0 atom stereocenters. The monoisotopic (exact) mass is 268 g/mol. The zero-order valence-electron chi connectivity index (χ0n) is 7.62. The van der Waals surface area contributed by atoms with Gasteiger partial charge in [0, 0.05) is 27.2 Å². The minimum atomic E-state index is 0.567. The molecule has 0 saturated heterocycles. The summed E-state index contributed by atoms with van der Waals surface area (Å²) in [5.41, 5.74) is 9.06. The molecule has 0 fully saturated rings. The van der Waals surface area contributed by atoms with E-state index in [2.05, 4.69) is 31.7 Å². The summed E-state index contributed by atoms with van der Waals surface area (Å²) in [6.07, 6.45) is 1.82. The summed E-state index contributed by atoms with van der Waals surface area (Å²) < 4.78 is 1.11. The Morgan fingerprint density at radius 2 is 2.14 bits per heavy atom. The number of aromatic nitrogens is 1. The summed E-state index contributed by atoms with van der Waals surface area (Å²) in [5, 5.41) is 4.16. The van der Waals surface area contributed by atoms with E-state index in [0.29, 0.717) is 5.82 Å². The van der Waals surface area contributed by atoms with E-state index in [1.54, 1.807) is 11.3 Å². The van der Waals surface area contributed by atoms with E-state index >= 15 is 0 Å². The molecule has 2 aromatic heterocycles. The lowest BCUT2D eigenvalue weighted by molar-refractivity contribution is 1.30. The minimum absolute atomic E-state index is 0.567. The van der Waals surface area contributed by atoms with Gasteiger partial charge in [0.1, 0.15) is 5.82 Å². The Kier molecular flexibility index (Phi) is 2.56. The fourth-order valence-electron chi connectivity index (χ4n) is 1.33. The van der Waals surface area contributed by atoms with Crippen LogP contribution >= 0.6 is 27.3 Å². The van der Waals surface area contributed by atoms with Gasteiger partial charge in [-0.3, -0.25) is 0 Å². The molecule has 2 N–H and O–H groups in total. The summed E-state index contributed by atoms with van der Waals surface area (Å²) >= 11 is 5.18. The SMILES string of the molecule is Cc1cc(N)ncc1-c1cscc1Br. The smallest absolute Gasteiger partial charge is 0.123 e. The second kappa shape index (κ2) is 3.71. The molecule has 2 heterocycles. The quantitative estimate of drug-likeness (QED) is 0.861. The molecule has 4 heteroatoms. The summed E-state index contributed by atoms with van der Waals surface area (Å²) in [6, 6.07) is 1.89. The summed E-state index contributed by atoms with van der Waals surface area (Å²) in [6.45, 7) is 2.04. The molecule has 72 valence electrons. The highest BCUT2D eigenvalue weighted by molar-refractivity contribution is 9.10. The number of anilines is 1. The maximum absolute atomic E-state index is 5.60. The van der Waals surface area contributed by atoms with E-state index in [1.165, 1.54) is 5.56 Å². The fraction of sp³-hybridized carbons (Fsp3) is 0.100. The maximum Gasteiger partial charge on any atom is 0.123 e. The third kappa shape index (κ3) is 1.67. The lowest BCUT2D eigenvalue weighted by Gasteiger charge is -2.04. The highest BCUT2D eigenvalue weighted by Crippen LogP contribution is 2.33. The predicted molar refractivity (Wildman–Crippen MR) is 64.4 cm³/mol. The fourth-order valence-corrected chi connectivity index (χ4v) is 2.84. The Bertz CT molecular complexity index is 465. The van der Waals surface area contributed by atoms with Crippen LogP contribution in [0.3, 0.4) is 0 Å². The van der Waals surface area contributed by atoms with Crippen molar-refractivity contribution in [2.75, 3.05) is 5.73 Å². The van der Waals surface area contributed by atoms with Crippen molar-refractivity contribution in [3.8, 4) is 11.1 Å². The average molecular weight is 269 g/mol. The van der Waals surface area contributed by atoms with Gasteiger partial charge in [-0.2, -0.15) is 11.3 Å². The van der Waals surface area contributed by atoms with E-state index < -0.39 is 0 Å². The first-order chi connectivity index (χ1) is 6.68. The van der Waals surface area contributed by atoms with Crippen molar-refractivity contribution < 1.29 is 0 Å². The van der Waals surface area contributed by atoms with Crippen LogP contribution in [-0.2, 0) is 0 Å². The second-order valence-corrected chi connectivity index (χ2v) is 4.66. The number of halogens is 1. The van der Waals surface area contributed by atoms with Crippen LogP contribution in [0, 0.1) is 6.92 Å². The standard InChI is InChI=1S/C10H9BrN2S/c1-6-2-10(12)13-3-7(6)8-4-14-5-9(8)11/h2-5H,1H3,(H2,12,13). The molecular weight excluding hydrogens is 260 g/mol. The van der Waals surface area contributed by atoms with Gasteiger partial charge in [-0.1, -0.05) is 0 Å². The van der Waals surface area contributed by atoms with Crippen molar-refractivity contribution in [3.63, 3.8) is 0 Å². The molecule has 0 aromatic carbocycles. The number of hydrogen-bond acceptors (Lipinski definition) is 3. The lowest BCUT2D eigenvalue weighted by Crippen LogP contribution is -1.92. The maximum atomic E-state index is 5.60. The number of hydrogen-bond donors (Lipinski definition) is 1. The second-order valence-electron chi connectivity index (χ2n) is 3.06. The molecule has 2 nitrogen and oxygen atoms in total. The van der Waals surface area contributed by atoms with E-state index in [0.717, 1.165) is 15.6 Å². The number of nitrogens with two attached hydrogens (primary N) is 1. The predicted octanol–water partition coefficient (Wildman–Crippen LogP) is 3.46. The van der Waals surface area contributed by atoms with Gasteiger partial charge in [0.2, 0.25) is 0 Å². The third-order valence-electron chi connectivity index (χ3n) is 2.04. The third-order valence-corrected chi connectivity index (χ3v) is 3.74. The largest absolute Gasteiger partial charge is 0.384 e. The van der Waals surface area contributed by atoms with Crippen LogP contribution in [0.15, 0.2) is 27.5 Å². The Balaban J connectivity index is 2.58. The first kappa shape index (κ1) is 9.68. The van der Waals surface area contributed by atoms with Crippen molar-refractivity contribution in [1.29, 1.82) is 0 Å². The van der Waals surface area contributed by atoms with Crippen LogP contribution in [0.4, 0.5) is 5.82 Å². The number of pyridine rings is 1. The van der Waals surface area contributed by atoms with Crippen LogP contribution in [-0.4, -0.2) is 4.98 Å². The van der Waals surface area contributed by atoms with Gasteiger partial charge in [-0.15, -0.1) is 0 Å². The molecule has 0 spiro atoms. The first-order valence-corrected chi connectivity index (χ1v) is 5.86. The Morgan fingerprint density at radius 3 is 2.71 bits per heavy atom. The molecule has 0 saturated carbocycles. The minimum Gasteiger partial charge on any atom is -0.384 e. The Morgan fingerprint density at radius 1 is 1.36 bits per heavy atom. The topological polar surface area (TPSA) is 38.9 Å². The van der Waals surface area contributed by atoms with Gasteiger partial charge < -0.3 is 5.73 Å². The molecule has 0 aliphatic carbocycles. The van der Waals surface area contributed by atoms with Crippen molar-refractivity contribution >= 4 is 33.1 Å². The van der Waals surface area contributed by atoms with Gasteiger partial charge in [-0.25, -0.2) is 4.98 Å². The number of nitrogens with zero attached hydrogens (tertiary/aromatic N) is 1. The highest BCUT2D eigenvalue weighted by Gasteiger charge is 2.07. The van der Waals surface area contributed by atoms with Crippen LogP contribution in [0.2, 0.25) is 0 Å². The highest BCUT2D eigenvalue weighted by atomic mass is 79.9. The molecule has 0 bridgehead atoms. The van der Waals surface area contributed by atoms with Crippen LogP contribution in [0.1, 0.15) is 5.56 Å². The van der Waals surface area contributed by atoms with Crippen molar-refractivity contribution in [2.45, 2.75) is 6.92 Å². The number of rotatable bonds is 1. The molecule has 2 rings (SSSR count). The van der Waals surface area contributed by atoms with E-state index in [1.807, 2.05) is 19.2 Å². The molecule has 0 amide bonds. The van der Waals surface area contributed by atoms with E-state index in [4.69, 9.17) is 5.73 Å². The molecule has 0 radical (unpaired) electrons. The van der Waals surface area contributed by atoms with Gasteiger partial charge >= 0.3 is 0 Å².